The number of nitrogens with zero attached hydrogens (tertiary/aromatic N) is 2. The highest BCUT2D eigenvalue weighted by Gasteiger charge is 2.21. The van der Waals surface area contributed by atoms with E-state index in [0.717, 1.165) is 19.4 Å². The molecule has 0 aromatic carbocycles. The lowest BCUT2D eigenvalue weighted by Crippen LogP contribution is -2.30. The fourth-order valence-corrected chi connectivity index (χ4v) is 3.11. The fourth-order valence-electron chi connectivity index (χ4n) is 3.11. The number of hydrogen-bond donors (Lipinski definition) is 0. The largest absolute Gasteiger partial charge is 0.306 e. The second-order valence-corrected chi connectivity index (χ2v) is 7.00. The van der Waals surface area contributed by atoms with Crippen molar-refractivity contribution in [1.82, 2.24) is 9.80 Å². The number of amides is 2. The van der Waals surface area contributed by atoms with Crippen molar-refractivity contribution in [3.05, 3.63) is 12.2 Å². The van der Waals surface area contributed by atoms with Crippen LogP contribution in [0.3, 0.4) is 0 Å². The van der Waals surface area contributed by atoms with E-state index >= 15 is 0 Å². The Hall–Kier alpha value is -1.16. The van der Waals surface area contributed by atoms with Crippen molar-refractivity contribution in [3.8, 4) is 0 Å². The fraction of sp³-hybridized carbons (Fsp3) is 0.800. The molecular weight excluding hydrogens is 300 g/mol. The van der Waals surface area contributed by atoms with Gasteiger partial charge in [-0.05, 0) is 39.4 Å². The van der Waals surface area contributed by atoms with E-state index < -0.39 is 0 Å². The molecule has 0 spiro atoms. The molecule has 4 heteroatoms. The van der Waals surface area contributed by atoms with E-state index in [1.54, 1.807) is 0 Å². The zero-order valence-corrected chi connectivity index (χ0v) is 15.8. The van der Waals surface area contributed by atoms with Crippen LogP contribution in [0.5, 0.6) is 0 Å². The minimum Gasteiger partial charge on any atom is -0.306 e. The summed E-state index contributed by atoms with van der Waals surface area (Å²) in [7, 11) is 2.21. The van der Waals surface area contributed by atoms with E-state index in [1.807, 2.05) is 0 Å². The summed E-state index contributed by atoms with van der Waals surface area (Å²) in [5.74, 6) is -0.316. The topological polar surface area (TPSA) is 40.6 Å². The molecule has 0 unspecified atom stereocenters. The zero-order valence-electron chi connectivity index (χ0n) is 15.8. The molecule has 1 rings (SSSR count). The molecule has 1 aliphatic rings. The maximum Gasteiger partial charge on any atom is 0.253 e. The van der Waals surface area contributed by atoms with Gasteiger partial charge >= 0.3 is 0 Å². The highest BCUT2D eigenvalue weighted by atomic mass is 16.2. The number of rotatable bonds is 15. The summed E-state index contributed by atoms with van der Waals surface area (Å²) in [6, 6.07) is 0. The Morgan fingerprint density at radius 3 is 1.75 bits per heavy atom. The van der Waals surface area contributed by atoms with Gasteiger partial charge < -0.3 is 4.90 Å². The number of unbranched alkanes of at least 4 members (excludes halogenated alkanes) is 9. The quantitative estimate of drug-likeness (QED) is 0.333. The molecule has 0 bridgehead atoms. The summed E-state index contributed by atoms with van der Waals surface area (Å²) in [6.45, 7) is 5.19. The van der Waals surface area contributed by atoms with Crippen molar-refractivity contribution in [3.63, 3.8) is 0 Å². The van der Waals surface area contributed by atoms with Gasteiger partial charge in [0.05, 0.1) is 0 Å². The number of carbonyl (C=O) groups is 2. The molecule has 0 aromatic rings. The molecule has 4 nitrogen and oxygen atoms in total. The molecule has 0 radical (unpaired) electrons. The van der Waals surface area contributed by atoms with E-state index in [0.29, 0.717) is 6.54 Å². The number of imide groups is 1. The first-order valence-corrected chi connectivity index (χ1v) is 9.87. The predicted molar refractivity (Wildman–Crippen MR) is 99.8 cm³/mol. The maximum absolute atomic E-state index is 11.4. The van der Waals surface area contributed by atoms with Gasteiger partial charge in [0.2, 0.25) is 0 Å². The van der Waals surface area contributed by atoms with E-state index in [9.17, 15) is 9.59 Å². The monoisotopic (exact) mass is 336 g/mol. The van der Waals surface area contributed by atoms with Gasteiger partial charge in [-0.2, -0.15) is 0 Å². The molecule has 0 fully saturated rings. The molecule has 0 N–H and O–H groups in total. The summed E-state index contributed by atoms with van der Waals surface area (Å²) in [5, 5.41) is 0. The van der Waals surface area contributed by atoms with Gasteiger partial charge in [0.25, 0.3) is 11.8 Å². The van der Waals surface area contributed by atoms with Crippen molar-refractivity contribution < 1.29 is 9.59 Å². The molecular formula is C20H36N2O2. The van der Waals surface area contributed by atoms with Crippen LogP contribution in [0.25, 0.3) is 0 Å². The molecule has 0 aliphatic carbocycles. The molecule has 1 heterocycles. The van der Waals surface area contributed by atoms with Gasteiger partial charge in [-0.3, -0.25) is 14.5 Å². The predicted octanol–water partition coefficient (Wildman–Crippen LogP) is 4.15. The SMILES string of the molecule is CCCCCCCCCN(C)CCCCCCN1C(=O)C=CC1=O. The Morgan fingerprint density at radius 2 is 1.21 bits per heavy atom. The van der Waals surface area contributed by atoms with Crippen molar-refractivity contribution >= 4 is 11.8 Å². The first-order valence-electron chi connectivity index (χ1n) is 9.87. The molecule has 138 valence electrons. The second-order valence-electron chi connectivity index (χ2n) is 7.00. The van der Waals surface area contributed by atoms with Gasteiger partial charge in [-0.15, -0.1) is 0 Å². The third-order valence-corrected chi connectivity index (χ3v) is 4.72. The van der Waals surface area contributed by atoms with Crippen LogP contribution in [0, 0.1) is 0 Å². The summed E-state index contributed by atoms with van der Waals surface area (Å²) in [6.07, 6.45) is 16.7. The standard InChI is InChI=1S/C20H36N2O2/c1-3-4-5-6-7-8-11-16-21(2)17-12-9-10-13-18-22-19(23)14-15-20(22)24/h14-15H,3-13,16-18H2,1-2H3. The lowest BCUT2D eigenvalue weighted by atomic mass is 10.1. The summed E-state index contributed by atoms with van der Waals surface area (Å²) in [4.78, 5) is 26.6. The first kappa shape index (κ1) is 20.9. The minimum absolute atomic E-state index is 0.158. The molecule has 1 aliphatic heterocycles. The zero-order chi connectivity index (χ0) is 17.6. The molecule has 24 heavy (non-hydrogen) atoms. The van der Waals surface area contributed by atoms with E-state index in [1.165, 1.54) is 81.4 Å². The van der Waals surface area contributed by atoms with Crippen LogP contribution in [0.15, 0.2) is 12.2 Å². The average molecular weight is 337 g/mol. The van der Waals surface area contributed by atoms with Crippen LogP contribution in [-0.2, 0) is 9.59 Å². The second kappa shape index (κ2) is 13.2. The van der Waals surface area contributed by atoms with E-state index in [2.05, 4.69) is 18.9 Å². The Kier molecular flexibility index (Phi) is 11.5. The smallest absolute Gasteiger partial charge is 0.253 e. The minimum atomic E-state index is -0.158. The Balaban J connectivity index is 1.86. The van der Waals surface area contributed by atoms with Gasteiger partial charge in [-0.1, -0.05) is 58.3 Å². The van der Waals surface area contributed by atoms with E-state index in [-0.39, 0.29) is 11.8 Å². The molecule has 0 saturated carbocycles. The molecule has 0 aromatic heterocycles. The van der Waals surface area contributed by atoms with Gasteiger partial charge in [0.15, 0.2) is 0 Å². The van der Waals surface area contributed by atoms with Crippen molar-refractivity contribution in [2.45, 2.75) is 77.6 Å². The Labute approximate surface area is 148 Å². The Bertz CT molecular complexity index is 375. The number of hydrogen-bond acceptors (Lipinski definition) is 3. The number of carbonyl (C=O) groups excluding carboxylic acids is 2. The first-order chi connectivity index (χ1) is 11.6. The lowest BCUT2D eigenvalue weighted by molar-refractivity contribution is -0.136. The average Bonchev–Trinajstić information content (AvgIpc) is 2.88. The van der Waals surface area contributed by atoms with Gasteiger partial charge in [0.1, 0.15) is 0 Å². The molecule has 0 atom stereocenters. The molecule has 0 saturated heterocycles. The highest BCUT2D eigenvalue weighted by molar-refractivity contribution is 6.12. The van der Waals surface area contributed by atoms with Crippen molar-refractivity contribution in [2.75, 3.05) is 26.7 Å². The summed E-state index contributed by atoms with van der Waals surface area (Å²) < 4.78 is 0. The van der Waals surface area contributed by atoms with Crippen LogP contribution in [0.2, 0.25) is 0 Å². The summed E-state index contributed by atoms with van der Waals surface area (Å²) in [5.41, 5.74) is 0. The lowest BCUT2D eigenvalue weighted by Gasteiger charge is -2.17. The van der Waals surface area contributed by atoms with Crippen LogP contribution in [-0.4, -0.2) is 48.3 Å². The highest BCUT2D eigenvalue weighted by Crippen LogP contribution is 2.09. The normalized spacial score (nSPS) is 14.4. The third-order valence-electron chi connectivity index (χ3n) is 4.72. The van der Waals surface area contributed by atoms with Crippen LogP contribution in [0.4, 0.5) is 0 Å². The van der Waals surface area contributed by atoms with Crippen molar-refractivity contribution in [1.29, 1.82) is 0 Å². The molecule has 2 amide bonds. The summed E-state index contributed by atoms with van der Waals surface area (Å²) >= 11 is 0. The van der Waals surface area contributed by atoms with Crippen molar-refractivity contribution in [2.24, 2.45) is 0 Å². The third kappa shape index (κ3) is 9.21. The maximum atomic E-state index is 11.4. The van der Waals surface area contributed by atoms with Gasteiger partial charge in [0, 0.05) is 18.7 Å². The Morgan fingerprint density at radius 1 is 0.750 bits per heavy atom. The van der Waals surface area contributed by atoms with Gasteiger partial charge in [-0.25, -0.2) is 0 Å². The van der Waals surface area contributed by atoms with Crippen LogP contribution in [0.1, 0.15) is 77.6 Å². The van der Waals surface area contributed by atoms with Crippen LogP contribution < -0.4 is 0 Å². The van der Waals surface area contributed by atoms with Crippen LogP contribution >= 0.6 is 0 Å². The van der Waals surface area contributed by atoms with E-state index in [4.69, 9.17) is 0 Å².